The highest BCUT2D eigenvalue weighted by Crippen LogP contribution is 2.39. The van der Waals surface area contributed by atoms with Gasteiger partial charge >= 0.3 is 0 Å². The van der Waals surface area contributed by atoms with Crippen molar-refractivity contribution < 1.29 is 14.3 Å². The molecule has 1 unspecified atom stereocenters. The zero-order valence-corrected chi connectivity index (χ0v) is 16.0. The first-order chi connectivity index (χ1) is 13.7. The van der Waals surface area contributed by atoms with E-state index in [1.54, 1.807) is 31.3 Å². The monoisotopic (exact) mass is 377 g/mol. The molecule has 1 atom stereocenters. The number of amides is 1. The molecule has 2 heterocycles. The summed E-state index contributed by atoms with van der Waals surface area (Å²) in [6.07, 6.45) is 5.26. The van der Waals surface area contributed by atoms with Gasteiger partial charge in [-0.1, -0.05) is 18.2 Å². The molecule has 1 aliphatic rings. The van der Waals surface area contributed by atoms with Crippen LogP contribution in [0.25, 0.3) is 5.69 Å². The maximum absolute atomic E-state index is 13.2. The maximum atomic E-state index is 13.2. The molecule has 3 aromatic rings. The number of aromatic nitrogens is 2. The first-order valence-electron chi connectivity index (χ1n) is 9.34. The lowest BCUT2D eigenvalue weighted by Crippen LogP contribution is -2.30. The number of benzene rings is 2. The third-order valence-corrected chi connectivity index (χ3v) is 5.16. The van der Waals surface area contributed by atoms with E-state index in [1.165, 1.54) is 0 Å². The fourth-order valence-corrected chi connectivity index (χ4v) is 3.75. The highest BCUT2D eigenvalue weighted by molar-refractivity contribution is 5.94. The van der Waals surface area contributed by atoms with Crippen molar-refractivity contribution in [1.82, 2.24) is 14.7 Å². The molecule has 1 fully saturated rings. The van der Waals surface area contributed by atoms with Crippen LogP contribution in [0.4, 0.5) is 0 Å². The summed E-state index contributed by atoms with van der Waals surface area (Å²) in [4.78, 5) is 15.1. The Balaban J connectivity index is 1.62. The quantitative estimate of drug-likeness (QED) is 0.677. The Morgan fingerprint density at radius 3 is 2.68 bits per heavy atom. The predicted molar refractivity (Wildman–Crippen MR) is 106 cm³/mol. The molecule has 0 saturated carbocycles. The van der Waals surface area contributed by atoms with Gasteiger partial charge in [0.05, 0.1) is 37.7 Å². The summed E-state index contributed by atoms with van der Waals surface area (Å²) in [6.45, 7) is 0.709. The number of rotatable bonds is 5. The van der Waals surface area contributed by atoms with Crippen LogP contribution in [0, 0.1) is 0 Å². The van der Waals surface area contributed by atoms with Gasteiger partial charge in [-0.15, -0.1) is 0 Å². The molecule has 0 aliphatic carbocycles. The molecule has 1 saturated heterocycles. The Kier molecular flexibility index (Phi) is 5.02. The molecule has 1 aromatic heterocycles. The minimum atomic E-state index is -0.0439. The molecule has 6 nitrogen and oxygen atoms in total. The molecule has 28 heavy (non-hydrogen) atoms. The summed E-state index contributed by atoms with van der Waals surface area (Å²) in [7, 11) is 3.29. The van der Waals surface area contributed by atoms with E-state index in [2.05, 4.69) is 5.10 Å². The first kappa shape index (κ1) is 18.1. The van der Waals surface area contributed by atoms with E-state index in [1.807, 2.05) is 53.4 Å². The molecular weight excluding hydrogens is 354 g/mol. The molecule has 144 valence electrons. The summed E-state index contributed by atoms with van der Waals surface area (Å²) < 4.78 is 12.6. The average molecular weight is 377 g/mol. The summed E-state index contributed by atoms with van der Waals surface area (Å²) in [5.41, 5.74) is 2.48. The van der Waals surface area contributed by atoms with E-state index >= 15 is 0 Å². The van der Waals surface area contributed by atoms with Gasteiger partial charge in [0.1, 0.15) is 11.5 Å². The van der Waals surface area contributed by atoms with Crippen LogP contribution in [0.1, 0.15) is 34.8 Å². The molecule has 1 amide bonds. The third kappa shape index (κ3) is 3.33. The van der Waals surface area contributed by atoms with Gasteiger partial charge in [-0.2, -0.15) is 5.10 Å². The number of ether oxygens (including phenoxy) is 2. The standard InChI is InChI=1S/C22H23N3O3/c1-27-18-10-11-21(28-2)19(13-18)20-9-6-12-24(20)22(26)16-14-23-25(15-16)17-7-4-3-5-8-17/h3-5,7-8,10-11,13-15,20H,6,9,12H2,1-2H3. The Bertz CT molecular complexity index is 968. The van der Waals surface area contributed by atoms with Crippen LogP contribution in [0.15, 0.2) is 60.9 Å². The lowest BCUT2D eigenvalue weighted by atomic mass is 10.0. The van der Waals surface area contributed by atoms with Gasteiger partial charge < -0.3 is 14.4 Å². The molecular formula is C22H23N3O3. The zero-order chi connectivity index (χ0) is 19.5. The minimum absolute atomic E-state index is 0.0189. The number of hydrogen-bond donors (Lipinski definition) is 0. The predicted octanol–water partition coefficient (Wildman–Crippen LogP) is 3.87. The number of methoxy groups -OCH3 is 2. The van der Waals surface area contributed by atoms with E-state index in [4.69, 9.17) is 9.47 Å². The van der Waals surface area contributed by atoms with Gasteiger partial charge in [0.2, 0.25) is 0 Å². The first-order valence-corrected chi connectivity index (χ1v) is 9.34. The largest absolute Gasteiger partial charge is 0.497 e. The van der Waals surface area contributed by atoms with Crippen molar-refractivity contribution in [3.05, 3.63) is 72.1 Å². The highest BCUT2D eigenvalue weighted by Gasteiger charge is 2.33. The fraction of sp³-hybridized carbons (Fsp3) is 0.273. The number of para-hydroxylation sites is 1. The maximum Gasteiger partial charge on any atom is 0.257 e. The van der Waals surface area contributed by atoms with Crippen LogP contribution < -0.4 is 9.47 Å². The Morgan fingerprint density at radius 2 is 1.93 bits per heavy atom. The normalized spacial score (nSPS) is 16.2. The number of hydrogen-bond acceptors (Lipinski definition) is 4. The van der Waals surface area contributed by atoms with Gasteiger partial charge in [0.25, 0.3) is 5.91 Å². The average Bonchev–Trinajstić information content (AvgIpc) is 3.43. The second kappa shape index (κ2) is 7.76. The van der Waals surface area contributed by atoms with Crippen molar-refractivity contribution in [2.24, 2.45) is 0 Å². The van der Waals surface area contributed by atoms with Gasteiger partial charge in [0.15, 0.2) is 0 Å². The third-order valence-electron chi connectivity index (χ3n) is 5.16. The second-order valence-electron chi connectivity index (χ2n) is 6.77. The molecule has 4 rings (SSSR count). The number of likely N-dealkylation sites (tertiary alicyclic amines) is 1. The SMILES string of the molecule is COc1ccc(OC)c(C2CCCN2C(=O)c2cnn(-c3ccccc3)c2)c1. The minimum Gasteiger partial charge on any atom is -0.497 e. The summed E-state index contributed by atoms with van der Waals surface area (Å²) >= 11 is 0. The smallest absolute Gasteiger partial charge is 0.257 e. The zero-order valence-electron chi connectivity index (χ0n) is 16.0. The second-order valence-corrected chi connectivity index (χ2v) is 6.77. The molecule has 0 N–H and O–H groups in total. The summed E-state index contributed by atoms with van der Waals surface area (Å²) in [6, 6.07) is 15.4. The lowest BCUT2D eigenvalue weighted by Gasteiger charge is -2.26. The Morgan fingerprint density at radius 1 is 1.11 bits per heavy atom. The van der Waals surface area contributed by atoms with Crippen molar-refractivity contribution in [1.29, 1.82) is 0 Å². The van der Waals surface area contributed by atoms with E-state index in [9.17, 15) is 4.79 Å². The molecule has 2 aromatic carbocycles. The lowest BCUT2D eigenvalue weighted by molar-refractivity contribution is 0.0734. The van der Waals surface area contributed by atoms with E-state index in [0.717, 1.165) is 35.6 Å². The topological polar surface area (TPSA) is 56.6 Å². The van der Waals surface area contributed by atoms with E-state index in [-0.39, 0.29) is 11.9 Å². The molecule has 6 heteroatoms. The number of nitrogens with zero attached hydrogens (tertiary/aromatic N) is 3. The van der Waals surface area contributed by atoms with Crippen molar-refractivity contribution >= 4 is 5.91 Å². The van der Waals surface area contributed by atoms with Crippen LogP contribution >= 0.6 is 0 Å². The van der Waals surface area contributed by atoms with Crippen LogP contribution in [0.2, 0.25) is 0 Å². The number of carbonyl (C=O) groups is 1. The highest BCUT2D eigenvalue weighted by atomic mass is 16.5. The summed E-state index contributed by atoms with van der Waals surface area (Å²) in [5, 5.41) is 4.36. The molecule has 0 spiro atoms. The van der Waals surface area contributed by atoms with E-state index < -0.39 is 0 Å². The summed E-state index contributed by atoms with van der Waals surface area (Å²) in [5.74, 6) is 1.51. The van der Waals surface area contributed by atoms with Gasteiger partial charge in [-0.25, -0.2) is 4.68 Å². The van der Waals surface area contributed by atoms with E-state index in [0.29, 0.717) is 12.1 Å². The van der Waals surface area contributed by atoms with Crippen LogP contribution in [0.3, 0.4) is 0 Å². The van der Waals surface area contributed by atoms with Crippen molar-refractivity contribution in [2.45, 2.75) is 18.9 Å². The molecule has 0 radical (unpaired) electrons. The van der Waals surface area contributed by atoms with Crippen molar-refractivity contribution in [3.8, 4) is 17.2 Å². The van der Waals surface area contributed by atoms with Crippen LogP contribution in [-0.2, 0) is 0 Å². The van der Waals surface area contributed by atoms with Gasteiger partial charge in [-0.3, -0.25) is 4.79 Å². The molecule has 1 aliphatic heterocycles. The molecule has 0 bridgehead atoms. The Labute approximate surface area is 164 Å². The van der Waals surface area contributed by atoms with Gasteiger partial charge in [0, 0.05) is 18.3 Å². The van der Waals surface area contributed by atoms with Crippen molar-refractivity contribution in [2.75, 3.05) is 20.8 Å². The van der Waals surface area contributed by atoms with Crippen molar-refractivity contribution in [3.63, 3.8) is 0 Å². The Hall–Kier alpha value is -3.28. The van der Waals surface area contributed by atoms with Gasteiger partial charge in [-0.05, 0) is 43.2 Å². The fourth-order valence-electron chi connectivity index (χ4n) is 3.75. The van der Waals surface area contributed by atoms with Crippen LogP contribution in [0.5, 0.6) is 11.5 Å². The van der Waals surface area contributed by atoms with Crippen LogP contribution in [-0.4, -0.2) is 41.4 Å². The number of carbonyl (C=O) groups excluding carboxylic acids is 1.